The van der Waals surface area contributed by atoms with Crippen LogP contribution in [0, 0.1) is 0 Å². The standard InChI is InChI=1S/C22H30N2O4.C2H2O4/c1-25-19-8-6-5-7-17(19)15-23-11-13-24(14-12-23)16-18-9-10-20(26-2)22(28-4)21(18)27-3;3-1(4)2(5)6/h5-10H,11-16H2,1-4H3;(H,3,4)(H,5,6). The number of aliphatic carboxylic acids is 2. The number of carboxylic acid groups (broad SMARTS) is 2. The van der Waals surface area contributed by atoms with E-state index in [4.69, 9.17) is 38.7 Å². The largest absolute Gasteiger partial charge is 0.496 e. The number of ether oxygens (including phenoxy) is 4. The van der Waals surface area contributed by atoms with Crippen LogP contribution in [0.4, 0.5) is 0 Å². The lowest BCUT2D eigenvalue weighted by Crippen LogP contribution is -2.45. The highest BCUT2D eigenvalue weighted by Gasteiger charge is 2.21. The van der Waals surface area contributed by atoms with Gasteiger partial charge in [-0.3, -0.25) is 9.80 Å². The lowest BCUT2D eigenvalue weighted by Gasteiger charge is -2.35. The number of nitrogens with zero attached hydrogens (tertiary/aromatic N) is 2. The summed E-state index contributed by atoms with van der Waals surface area (Å²) in [6, 6.07) is 12.2. The average molecular weight is 477 g/mol. The molecule has 186 valence electrons. The van der Waals surface area contributed by atoms with Crippen LogP contribution in [0.15, 0.2) is 36.4 Å². The Kier molecular flexibility index (Phi) is 10.4. The van der Waals surface area contributed by atoms with E-state index in [1.807, 2.05) is 18.2 Å². The normalized spacial score (nSPS) is 13.9. The highest BCUT2D eigenvalue weighted by atomic mass is 16.5. The van der Waals surface area contributed by atoms with Crippen molar-refractivity contribution in [2.45, 2.75) is 13.1 Å². The van der Waals surface area contributed by atoms with E-state index in [1.54, 1.807) is 28.4 Å². The minimum Gasteiger partial charge on any atom is -0.496 e. The van der Waals surface area contributed by atoms with Crippen molar-refractivity contribution in [2.24, 2.45) is 0 Å². The summed E-state index contributed by atoms with van der Waals surface area (Å²) in [5.41, 5.74) is 2.35. The number of rotatable bonds is 8. The average Bonchev–Trinajstić information content (AvgIpc) is 2.85. The smallest absolute Gasteiger partial charge is 0.414 e. The fraction of sp³-hybridized carbons (Fsp3) is 0.417. The molecule has 1 fully saturated rings. The summed E-state index contributed by atoms with van der Waals surface area (Å²) in [7, 11) is 6.68. The lowest BCUT2D eigenvalue weighted by atomic mass is 10.1. The number of carbonyl (C=O) groups is 2. The second-order valence-corrected chi connectivity index (χ2v) is 7.47. The zero-order valence-corrected chi connectivity index (χ0v) is 19.9. The molecule has 0 radical (unpaired) electrons. The van der Waals surface area contributed by atoms with Crippen LogP contribution in [-0.4, -0.2) is 86.6 Å². The van der Waals surface area contributed by atoms with Crippen LogP contribution in [0.1, 0.15) is 11.1 Å². The fourth-order valence-electron chi connectivity index (χ4n) is 3.71. The molecule has 0 aliphatic carbocycles. The molecule has 1 aliphatic rings. The van der Waals surface area contributed by atoms with E-state index in [2.05, 4.69) is 28.0 Å². The quantitative estimate of drug-likeness (QED) is 0.549. The predicted molar refractivity (Wildman–Crippen MR) is 125 cm³/mol. The van der Waals surface area contributed by atoms with Crippen molar-refractivity contribution in [2.75, 3.05) is 54.6 Å². The Morgan fingerprint density at radius 3 is 1.65 bits per heavy atom. The van der Waals surface area contributed by atoms with E-state index >= 15 is 0 Å². The monoisotopic (exact) mass is 476 g/mol. The van der Waals surface area contributed by atoms with Gasteiger partial charge in [-0.05, 0) is 12.1 Å². The summed E-state index contributed by atoms with van der Waals surface area (Å²) in [5.74, 6) is -0.606. The third-order valence-electron chi connectivity index (χ3n) is 5.41. The summed E-state index contributed by atoms with van der Waals surface area (Å²) < 4.78 is 22.0. The third-order valence-corrected chi connectivity index (χ3v) is 5.41. The molecular weight excluding hydrogens is 444 g/mol. The SMILES string of the molecule is COc1ccccc1CN1CCN(Cc2ccc(OC)c(OC)c2OC)CC1.O=C(O)C(=O)O. The van der Waals surface area contributed by atoms with Crippen LogP contribution >= 0.6 is 0 Å². The van der Waals surface area contributed by atoms with Crippen molar-refractivity contribution in [3.05, 3.63) is 47.5 Å². The van der Waals surface area contributed by atoms with Gasteiger partial charge in [0.25, 0.3) is 0 Å². The maximum atomic E-state index is 9.10. The number of hydrogen-bond donors (Lipinski definition) is 2. The minimum atomic E-state index is -1.82. The van der Waals surface area contributed by atoms with Gasteiger partial charge in [0.2, 0.25) is 5.75 Å². The number of methoxy groups -OCH3 is 4. The van der Waals surface area contributed by atoms with Gasteiger partial charge in [0, 0.05) is 50.4 Å². The number of benzene rings is 2. The zero-order valence-electron chi connectivity index (χ0n) is 19.9. The van der Waals surface area contributed by atoms with Crippen molar-refractivity contribution in [3.8, 4) is 23.0 Å². The first-order valence-electron chi connectivity index (χ1n) is 10.6. The molecule has 0 amide bonds. The number of hydrogen-bond acceptors (Lipinski definition) is 8. The Bertz CT molecular complexity index is 946. The second-order valence-electron chi connectivity index (χ2n) is 7.47. The molecule has 2 aromatic carbocycles. The van der Waals surface area contributed by atoms with E-state index in [0.29, 0.717) is 11.5 Å². The Morgan fingerprint density at radius 2 is 1.18 bits per heavy atom. The van der Waals surface area contributed by atoms with Crippen molar-refractivity contribution in [1.29, 1.82) is 0 Å². The molecule has 3 rings (SSSR count). The zero-order chi connectivity index (χ0) is 25.1. The molecule has 34 heavy (non-hydrogen) atoms. The van der Waals surface area contributed by atoms with Crippen LogP contribution in [0.3, 0.4) is 0 Å². The molecule has 2 N–H and O–H groups in total. The number of para-hydroxylation sites is 1. The van der Waals surface area contributed by atoms with E-state index in [9.17, 15) is 0 Å². The summed E-state index contributed by atoms with van der Waals surface area (Å²) >= 11 is 0. The first kappa shape index (κ1) is 26.7. The summed E-state index contributed by atoms with van der Waals surface area (Å²) in [6.45, 7) is 5.80. The van der Waals surface area contributed by atoms with E-state index in [1.165, 1.54) is 5.56 Å². The second kappa shape index (κ2) is 13.3. The fourth-order valence-corrected chi connectivity index (χ4v) is 3.71. The third kappa shape index (κ3) is 7.26. The molecule has 10 heteroatoms. The van der Waals surface area contributed by atoms with Gasteiger partial charge in [0.15, 0.2) is 11.5 Å². The van der Waals surface area contributed by atoms with Gasteiger partial charge in [-0.1, -0.05) is 24.3 Å². The maximum Gasteiger partial charge on any atom is 0.414 e. The Morgan fingerprint density at radius 1 is 0.676 bits per heavy atom. The molecule has 0 saturated carbocycles. The van der Waals surface area contributed by atoms with Gasteiger partial charge >= 0.3 is 11.9 Å². The molecule has 0 atom stereocenters. The van der Waals surface area contributed by atoms with Gasteiger partial charge in [0.1, 0.15) is 5.75 Å². The molecule has 0 unspecified atom stereocenters. The Balaban J connectivity index is 0.000000604. The van der Waals surface area contributed by atoms with Crippen LogP contribution in [-0.2, 0) is 22.7 Å². The number of carboxylic acids is 2. The van der Waals surface area contributed by atoms with Crippen LogP contribution < -0.4 is 18.9 Å². The van der Waals surface area contributed by atoms with Crippen molar-refractivity contribution < 1.29 is 38.7 Å². The summed E-state index contributed by atoms with van der Waals surface area (Å²) in [5, 5.41) is 14.8. The highest BCUT2D eigenvalue weighted by Crippen LogP contribution is 2.40. The number of piperazine rings is 1. The first-order valence-corrected chi connectivity index (χ1v) is 10.6. The summed E-state index contributed by atoms with van der Waals surface area (Å²) in [6.07, 6.45) is 0. The molecule has 1 aliphatic heterocycles. The molecule has 0 spiro atoms. The molecule has 10 nitrogen and oxygen atoms in total. The maximum absolute atomic E-state index is 9.10. The minimum absolute atomic E-state index is 0.650. The molecule has 0 aromatic heterocycles. The molecule has 2 aromatic rings. The van der Waals surface area contributed by atoms with E-state index < -0.39 is 11.9 Å². The Labute approximate surface area is 199 Å². The van der Waals surface area contributed by atoms with E-state index in [-0.39, 0.29) is 0 Å². The van der Waals surface area contributed by atoms with Crippen LogP contribution in [0.5, 0.6) is 23.0 Å². The van der Waals surface area contributed by atoms with Gasteiger partial charge < -0.3 is 29.2 Å². The highest BCUT2D eigenvalue weighted by molar-refractivity contribution is 6.27. The topological polar surface area (TPSA) is 118 Å². The lowest BCUT2D eigenvalue weighted by molar-refractivity contribution is -0.159. The summed E-state index contributed by atoms with van der Waals surface area (Å²) in [4.78, 5) is 23.1. The van der Waals surface area contributed by atoms with Crippen LogP contribution in [0.25, 0.3) is 0 Å². The first-order chi connectivity index (χ1) is 16.3. The van der Waals surface area contributed by atoms with Crippen molar-refractivity contribution >= 4 is 11.9 Å². The molecule has 1 heterocycles. The predicted octanol–water partition coefficient (Wildman–Crippen LogP) is 2.19. The molecule has 1 saturated heterocycles. The molecule has 0 bridgehead atoms. The van der Waals surface area contributed by atoms with Crippen molar-refractivity contribution in [3.63, 3.8) is 0 Å². The van der Waals surface area contributed by atoms with Gasteiger partial charge in [-0.2, -0.15) is 0 Å². The Hall–Kier alpha value is -3.50. The van der Waals surface area contributed by atoms with Gasteiger partial charge in [-0.15, -0.1) is 0 Å². The van der Waals surface area contributed by atoms with Crippen molar-refractivity contribution in [1.82, 2.24) is 9.80 Å². The van der Waals surface area contributed by atoms with Crippen LogP contribution in [0.2, 0.25) is 0 Å². The van der Waals surface area contributed by atoms with Gasteiger partial charge in [0.05, 0.1) is 28.4 Å². The molecular formula is C24H32N2O8. The van der Waals surface area contributed by atoms with E-state index in [0.717, 1.165) is 56.3 Å². The van der Waals surface area contributed by atoms with Gasteiger partial charge in [-0.25, -0.2) is 9.59 Å².